The highest BCUT2D eigenvalue weighted by Crippen LogP contribution is 2.21. The molecular weight excluding hydrogens is 204 g/mol. The molecule has 0 aliphatic carbocycles. The zero-order chi connectivity index (χ0) is 11.5. The molecule has 0 saturated carbocycles. The monoisotopic (exact) mass is 218 g/mol. The number of rotatable bonds is 3. The first-order chi connectivity index (χ1) is 7.70. The lowest BCUT2D eigenvalue weighted by molar-refractivity contribution is 0.340. The molecule has 0 unspecified atom stereocenters. The average Bonchev–Trinajstić information content (AvgIpc) is 2.61. The number of imidazole rings is 1. The van der Waals surface area contributed by atoms with E-state index in [1.807, 2.05) is 31.2 Å². The Kier molecular flexibility index (Phi) is 2.68. The summed E-state index contributed by atoms with van der Waals surface area (Å²) in [6, 6.07) is 7.63. The third-order valence-corrected chi connectivity index (χ3v) is 2.22. The summed E-state index contributed by atoms with van der Waals surface area (Å²) in [5.74, 6) is 6.69. The standard InChI is InChI=1S/C11H14N4O/c1-2-16-9-5-3-8(4-6-9)10-7-15(13)11(12)14-10/h3-7H,2,13H2,1H3,(H2,12,14). The van der Waals surface area contributed by atoms with Gasteiger partial charge < -0.3 is 16.3 Å². The molecule has 4 N–H and O–H groups in total. The number of nitrogens with zero attached hydrogens (tertiary/aromatic N) is 2. The van der Waals surface area contributed by atoms with Crippen molar-refractivity contribution in [3.05, 3.63) is 30.5 Å². The van der Waals surface area contributed by atoms with Crippen LogP contribution in [0.4, 0.5) is 5.95 Å². The zero-order valence-electron chi connectivity index (χ0n) is 9.05. The van der Waals surface area contributed by atoms with Crippen LogP contribution in [0.1, 0.15) is 6.92 Å². The van der Waals surface area contributed by atoms with Crippen molar-refractivity contribution in [3.63, 3.8) is 0 Å². The molecule has 2 aromatic rings. The van der Waals surface area contributed by atoms with Gasteiger partial charge >= 0.3 is 0 Å². The van der Waals surface area contributed by atoms with Crippen molar-refractivity contribution < 1.29 is 4.74 Å². The normalized spacial score (nSPS) is 10.3. The van der Waals surface area contributed by atoms with E-state index in [0.717, 1.165) is 17.0 Å². The molecule has 0 fully saturated rings. The second-order valence-electron chi connectivity index (χ2n) is 3.35. The lowest BCUT2D eigenvalue weighted by Gasteiger charge is -2.02. The maximum atomic E-state index is 5.56. The van der Waals surface area contributed by atoms with Crippen LogP contribution < -0.4 is 16.3 Å². The van der Waals surface area contributed by atoms with Crippen molar-refractivity contribution in [2.75, 3.05) is 18.2 Å². The molecule has 1 aromatic carbocycles. The third-order valence-electron chi connectivity index (χ3n) is 2.22. The summed E-state index contributed by atoms with van der Waals surface area (Å²) in [5, 5.41) is 0. The number of nitrogens with two attached hydrogens (primary N) is 2. The van der Waals surface area contributed by atoms with Crippen LogP contribution in [0.25, 0.3) is 11.3 Å². The van der Waals surface area contributed by atoms with Crippen LogP contribution in [0, 0.1) is 0 Å². The molecule has 0 aliphatic heterocycles. The molecule has 0 saturated heterocycles. The highest BCUT2D eigenvalue weighted by molar-refractivity contribution is 5.61. The van der Waals surface area contributed by atoms with E-state index in [9.17, 15) is 0 Å². The summed E-state index contributed by atoms with van der Waals surface area (Å²) in [5.41, 5.74) is 7.27. The predicted molar refractivity (Wildman–Crippen MR) is 63.4 cm³/mol. The number of benzene rings is 1. The van der Waals surface area contributed by atoms with Gasteiger partial charge in [-0.1, -0.05) is 0 Å². The molecule has 5 heteroatoms. The zero-order valence-corrected chi connectivity index (χ0v) is 9.05. The van der Waals surface area contributed by atoms with Gasteiger partial charge in [-0.2, -0.15) is 0 Å². The van der Waals surface area contributed by atoms with Gasteiger partial charge in [0.1, 0.15) is 5.75 Å². The molecule has 0 aliphatic rings. The van der Waals surface area contributed by atoms with Crippen molar-refractivity contribution in [3.8, 4) is 17.0 Å². The van der Waals surface area contributed by atoms with Gasteiger partial charge in [0, 0.05) is 5.56 Å². The summed E-state index contributed by atoms with van der Waals surface area (Å²) in [7, 11) is 0. The van der Waals surface area contributed by atoms with Gasteiger partial charge in [-0.05, 0) is 31.2 Å². The summed E-state index contributed by atoms with van der Waals surface area (Å²) < 4.78 is 6.65. The number of aromatic nitrogens is 2. The maximum Gasteiger partial charge on any atom is 0.219 e. The second-order valence-corrected chi connectivity index (χ2v) is 3.35. The van der Waals surface area contributed by atoms with Gasteiger partial charge in [0.25, 0.3) is 0 Å². The lowest BCUT2D eigenvalue weighted by Crippen LogP contribution is -2.09. The molecule has 84 valence electrons. The van der Waals surface area contributed by atoms with E-state index in [4.69, 9.17) is 16.3 Å². The van der Waals surface area contributed by atoms with Crippen LogP contribution in [0.15, 0.2) is 30.5 Å². The molecule has 0 atom stereocenters. The number of ether oxygens (including phenoxy) is 1. The van der Waals surface area contributed by atoms with Crippen LogP contribution >= 0.6 is 0 Å². The fraction of sp³-hybridized carbons (Fsp3) is 0.182. The Bertz CT molecular complexity index is 456. The molecule has 0 spiro atoms. The average molecular weight is 218 g/mol. The van der Waals surface area contributed by atoms with E-state index in [1.54, 1.807) is 6.20 Å². The van der Waals surface area contributed by atoms with E-state index in [2.05, 4.69) is 4.98 Å². The van der Waals surface area contributed by atoms with Gasteiger partial charge in [-0.25, -0.2) is 9.66 Å². The quantitative estimate of drug-likeness (QED) is 0.760. The first-order valence-electron chi connectivity index (χ1n) is 5.04. The van der Waals surface area contributed by atoms with Gasteiger partial charge in [-0.3, -0.25) is 0 Å². The Morgan fingerprint density at radius 3 is 2.50 bits per heavy atom. The first-order valence-corrected chi connectivity index (χ1v) is 5.04. The molecule has 5 nitrogen and oxygen atoms in total. The van der Waals surface area contributed by atoms with E-state index in [1.165, 1.54) is 4.68 Å². The number of hydrogen-bond donors (Lipinski definition) is 2. The minimum absolute atomic E-state index is 0.295. The van der Waals surface area contributed by atoms with Crippen molar-refractivity contribution in [2.45, 2.75) is 6.92 Å². The smallest absolute Gasteiger partial charge is 0.219 e. The maximum absolute atomic E-state index is 5.56. The Morgan fingerprint density at radius 2 is 2.00 bits per heavy atom. The van der Waals surface area contributed by atoms with Crippen molar-refractivity contribution in [1.29, 1.82) is 0 Å². The number of anilines is 1. The predicted octanol–water partition coefficient (Wildman–Crippen LogP) is 1.24. The second kappa shape index (κ2) is 4.14. The summed E-state index contributed by atoms with van der Waals surface area (Å²) in [6.07, 6.45) is 1.69. The fourth-order valence-electron chi connectivity index (χ4n) is 1.44. The Balaban J connectivity index is 2.27. The Morgan fingerprint density at radius 1 is 1.31 bits per heavy atom. The molecule has 0 amide bonds. The van der Waals surface area contributed by atoms with Crippen LogP contribution in [-0.2, 0) is 0 Å². The van der Waals surface area contributed by atoms with E-state index in [-0.39, 0.29) is 0 Å². The fourth-order valence-corrected chi connectivity index (χ4v) is 1.44. The minimum Gasteiger partial charge on any atom is -0.494 e. The SMILES string of the molecule is CCOc1ccc(-c2cn(N)c(N)n2)cc1. The van der Waals surface area contributed by atoms with Crippen LogP contribution in [0.3, 0.4) is 0 Å². The molecule has 2 rings (SSSR count). The highest BCUT2D eigenvalue weighted by Gasteiger charge is 2.04. The topological polar surface area (TPSA) is 79.1 Å². The summed E-state index contributed by atoms with van der Waals surface area (Å²) >= 11 is 0. The van der Waals surface area contributed by atoms with Gasteiger partial charge in [0.2, 0.25) is 5.95 Å². The van der Waals surface area contributed by atoms with Crippen molar-refractivity contribution in [2.24, 2.45) is 0 Å². The van der Waals surface area contributed by atoms with Crippen LogP contribution in [0.2, 0.25) is 0 Å². The molecular formula is C11H14N4O. The number of nitrogen functional groups attached to an aromatic ring is 2. The number of hydrogen-bond acceptors (Lipinski definition) is 4. The van der Waals surface area contributed by atoms with Gasteiger partial charge in [-0.15, -0.1) is 0 Å². The van der Waals surface area contributed by atoms with Crippen LogP contribution in [0.5, 0.6) is 5.75 Å². The third kappa shape index (κ3) is 1.93. The molecule has 1 heterocycles. The summed E-state index contributed by atoms with van der Waals surface area (Å²) in [6.45, 7) is 2.61. The van der Waals surface area contributed by atoms with E-state index < -0.39 is 0 Å². The Hall–Kier alpha value is -2.17. The first kappa shape index (κ1) is 10.4. The van der Waals surface area contributed by atoms with Gasteiger partial charge in [0.15, 0.2) is 0 Å². The molecule has 0 radical (unpaired) electrons. The van der Waals surface area contributed by atoms with E-state index in [0.29, 0.717) is 12.6 Å². The van der Waals surface area contributed by atoms with Crippen LogP contribution in [-0.4, -0.2) is 16.3 Å². The minimum atomic E-state index is 0.295. The molecule has 0 bridgehead atoms. The highest BCUT2D eigenvalue weighted by atomic mass is 16.5. The van der Waals surface area contributed by atoms with Crippen molar-refractivity contribution >= 4 is 5.95 Å². The molecule has 1 aromatic heterocycles. The molecule has 16 heavy (non-hydrogen) atoms. The Labute approximate surface area is 93.6 Å². The van der Waals surface area contributed by atoms with Gasteiger partial charge in [0.05, 0.1) is 18.5 Å². The van der Waals surface area contributed by atoms with E-state index >= 15 is 0 Å². The summed E-state index contributed by atoms with van der Waals surface area (Å²) in [4.78, 5) is 4.13. The van der Waals surface area contributed by atoms with Crippen molar-refractivity contribution in [1.82, 2.24) is 9.66 Å². The largest absolute Gasteiger partial charge is 0.494 e. The lowest BCUT2D eigenvalue weighted by atomic mass is 10.2.